The van der Waals surface area contributed by atoms with Crippen LogP contribution < -0.4 is 5.32 Å². The van der Waals surface area contributed by atoms with Crippen molar-refractivity contribution in [3.8, 4) is 0 Å². The fraction of sp³-hybridized carbons (Fsp3) is 0.700. The number of urea groups is 1. The highest BCUT2D eigenvalue weighted by Gasteiger charge is 2.23. The summed E-state index contributed by atoms with van der Waals surface area (Å²) in [5.74, 6) is 0. The minimum atomic E-state index is -0.0307. The molecule has 1 saturated heterocycles. The standard InChI is InChI=1S/C10H18N2O2/c1-3-6-12(10(13)11-2)9-4-7-14-8-5-9/h3,9H,1,4-8H2,2H3,(H,11,13). The van der Waals surface area contributed by atoms with Crippen LogP contribution in [0.2, 0.25) is 0 Å². The number of hydrogen-bond acceptors (Lipinski definition) is 2. The van der Waals surface area contributed by atoms with Crippen LogP contribution in [0.15, 0.2) is 12.7 Å². The minimum Gasteiger partial charge on any atom is -0.381 e. The molecule has 2 amide bonds. The molecule has 0 aromatic heterocycles. The van der Waals surface area contributed by atoms with E-state index in [4.69, 9.17) is 4.74 Å². The third kappa shape index (κ3) is 2.73. The van der Waals surface area contributed by atoms with E-state index in [0.29, 0.717) is 12.6 Å². The van der Waals surface area contributed by atoms with Crippen LogP contribution in [-0.4, -0.2) is 43.8 Å². The topological polar surface area (TPSA) is 41.6 Å². The second-order valence-corrected chi connectivity index (χ2v) is 3.34. The summed E-state index contributed by atoms with van der Waals surface area (Å²) in [5.41, 5.74) is 0. The summed E-state index contributed by atoms with van der Waals surface area (Å²) in [6.45, 7) is 5.75. The second kappa shape index (κ2) is 5.65. The van der Waals surface area contributed by atoms with Crippen LogP contribution in [0, 0.1) is 0 Å². The maximum Gasteiger partial charge on any atom is 0.317 e. The second-order valence-electron chi connectivity index (χ2n) is 3.34. The molecular weight excluding hydrogens is 180 g/mol. The molecule has 0 saturated carbocycles. The number of nitrogens with one attached hydrogen (secondary N) is 1. The molecule has 1 aliphatic heterocycles. The van der Waals surface area contributed by atoms with Gasteiger partial charge in [0.15, 0.2) is 0 Å². The number of rotatable bonds is 3. The summed E-state index contributed by atoms with van der Waals surface area (Å²) in [6, 6.07) is 0.263. The molecule has 0 bridgehead atoms. The van der Waals surface area contributed by atoms with E-state index >= 15 is 0 Å². The normalized spacial score (nSPS) is 17.5. The Morgan fingerprint density at radius 1 is 1.64 bits per heavy atom. The van der Waals surface area contributed by atoms with Crippen molar-refractivity contribution in [2.75, 3.05) is 26.8 Å². The average Bonchev–Trinajstić information content (AvgIpc) is 2.26. The third-order valence-corrected chi connectivity index (χ3v) is 2.43. The Balaban J connectivity index is 2.55. The summed E-state index contributed by atoms with van der Waals surface area (Å²) in [5, 5.41) is 2.65. The van der Waals surface area contributed by atoms with Crippen LogP contribution >= 0.6 is 0 Å². The highest BCUT2D eigenvalue weighted by Crippen LogP contribution is 2.14. The number of ether oxygens (including phenoxy) is 1. The number of hydrogen-bond donors (Lipinski definition) is 1. The molecule has 0 spiro atoms. The van der Waals surface area contributed by atoms with Crippen LogP contribution in [0.1, 0.15) is 12.8 Å². The first-order valence-electron chi connectivity index (χ1n) is 4.96. The maximum absolute atomic E-state index is 11.5. The van der Waals surface area contributed by atoms with Crippen LogP contribution in [0.5, 0.6) is 0 Å². The van der Waals surface area contributed by atoms with Gasteiger partial charge in [-0.2, -0.15) is 0 Å². The van der Waals surface area contributed by atoms with E-state index in [1.165, 1.54) is 0 Å². The zero-order valence-electron chi connectivity index (χ0n) is 8.66. The minimum absolute atomic E-state index is 0.0307. The Bertz CT molecular complexity index is 200. The van der Waals surface area contributed by atoms with Crippen molar-refractivity contribution in [1.29, 1.82) is 0 Å². The first-order valence-corrected chi connectivity index (χ1v) is 4.96. The average molecular weight is 198 g/mol. The number of carbonyl (C=O) groups is 1. The van der Waals surface area contributed by atoms with E-state index in [1.54, 1.807) is 13.1 Å². The van der Waals surface area contributed by atoms with Crippen molar-refractivity contribution in [3.63, 3.8) is 0 Å². The number of amides is 2. The van der Waals surface area contributed by atoms with Gasteiger partial charge >= 0.3 is 6.03 Å². The Morgan fingerprint density at radius 3 is 2.79 bits per heavy atom. The van der Waals surface area contributed by atoms with Gasteiger partial charge in [-0.3, -0.25) is 0 Å². The lowest BCUT2D eigenvalue weighted by Gasteiger charge is -2.33. The predicted molar refractivity (Wildman–Crippen MR) is 55.2 cm³/mol. The third-order valence-electron chi connectivity index (χ3n) is 2.43. The molecule has 1 rings (SSSR count). The maximum atomic E-state index is 11.5. The molecule has 0 radical (unpaired) electrons. The first kappa shape index (κ1) is 11.0. The Hall–Kier alpha value is -1.03. The Kier molecular flexibility index (Phi) is 4.46. The quantitative estimate of drug-likeness (QED) is 0.687. The highest BCUT2D eigenvalue weighted by atomic mass is 16.5. The van der Waals surface area contributed by atoms with Crippen LogP contribution in [-0.2, 0) is 4.74 Å². The summed E-state index contributed by atoms with van der Waals surface area (Å²) in [6.07, 6.45) is 3.59. The molecule has 14 heavy (non-hydrogen) atoms. The molecule has 4 heteroatoms. The molecule has 0 atom stereocenters. The smallest absolute Gasteiger partial charge is 0.317 e. The van der Waals surface area contributed by atoms with Crippen LogP contribution in [0.3, 0.4) is 0 Å². The van der Waals surface area contributed by atoms with E-state index in [2.05, 4.69) is 11.9 Å². The van der Waals surface area contributed by atoms with Crippen molar-refractivity contribution in [2.24, 2.45) is 0 Å². The van der Waals surface area contributed by atoms with Gasteiger partial charge in [0.2, 0.25) is 0 Å². The van der Waals surface area contributed by atoms with Crippen molar-refractivity contribution in [3.05, 3.63) is 12.7 Å². The predicted octanol–water partition coefficient (Wildman–Crippen LogP) is 0.993. The largest absolute Gasteiger partial charge is 0.381 e. The molecule has 4 nitrogen and oxygen atoms in total. The Labute approximate surface area is 84.9 Å². The van der Waals surface area contributed by atoms with Crippen molar-refractivity contribution in [1.82, 2.24) is 10.2 Å². The molecule has 80 valence electrons. The number of nitrogens with zero attached hydrogens (tertiary/aromatic N) is 1. The molecule has 1 aliphatic rings. The van der Waals surface area contributed by atoms with Gasteiger partial charge in [-0.05, 0) is 12.8 Å². The van der Waals surface area contributed by atoms with Gasteiger partial charge in [0.1, 0.15) is 0 Å². The molecule has 1 N–H and O–H groups in total. The monoisotopic (exact) mass is 198 g/mol. The van der Waals surface area contributed by atoms with Gasteiger partial charge in [-0.15, -0.1) is 6.58 Å². The molecule has 1 fully saturated rings. The molecule has 0 aromatic rings. The van der Waals surface area contributed by atoms with E-state index in [1.807, 2.05) is 4.90 Å². The lowest BCUT2D eigenvalue weighted by Crippen LogP contribution is -2.47. The van der Waals surface area contributed by atoms with E-state index in [0.717, 1.165) is 26.1 Å². The van der Waals surface area contributed by atoms with Crippen molar-refractivity contribution in [2.45, 2.75) is 18.9 Å². The van der Waals surface area contributed by atoms with Gasteiger partial charge in [0, 0.05) is 32.8 Å². The fourth-order valence-corrected chi connectivity index (χ4v) is 1.68. The summed E-state index contributed by atoms with van der Waals surface area (Å²) >= 11 is 0. The van der Waals surface area contributed by atoms with E-state index in [-0.39, 0.29) is 6.03 Å². The lowest BCUT2D eigenvalue weighted by molar-refractivity contribution is 0.0492. The highest BCUT2D eigenvalue weighted by molar-refractivity contribution is 5.74. The van der Waals surface area contributed by atoms with Crippen LogP contribution in [0.4, 0.5) is 4.79 Å². The summed E-state index contributed by atoms with van der Waals surface area (Å²) in [4.78, 5) is 13.3. The zero-order valence-corrected chi connectivity index (χ0v) is 8.66. The van der Waals surface area contributed by atoms with Gasteiger partial charge in [-0.25, -0.2) is 4.79 Å². The van der Waals surface area contributed by atoms with E-state index in [9.17, 15) is 4.79 Å². The van der Waals surface area contributed by atoms with Gasteiger partial charge in [0.05, 0.1) is 0 Å². The van der Waals surface area contributed by atoms with Crippen LogP contribution in [0.25, 0.3) is 0 Å². The van der Waals surface area contributed by atoms with Crippen molar-refractivity contribution < 1.29 is 9.53 Å². The molecular formula is C10H18N2O2. The summed E-state index contributed by atoms with van der Waals surface area (Å²) < 4.78 is 5.26. The fourth-order valence-electron chi connectivity index (χ4n) is 1.68. The number of carbonyl (C=O) groups excluding carboxylic acids is 1. The van der Waals surface area contributed by atoms with Crippen molar-refractivity contribution >= 4 is 6.03 Å². The molecule has 0 aromatic carbocycles. The van der Waals surface area contributed by atoms with Gasteiger partial charge in [0.25, 0.3) is 0 Å². The lowest BCUT2D eigenvalue weighted by atomic mass is 10.1. The zero-order chi connectivity index (χ0) is 10.4. The molecule has 0 unspecified atom stereocenters. The molecule has 0 aliphatic carbocycles. The summed E-state index contributed by atoms with van der Waals surface area (Å²) in [7, 11) is 1.65. The van der Waals surface area contributed by atoms with Gasteiger partial charge in [-0.1, -0.05) is 6.08 Å². The Morgan fingerprint density at radius 2 is 2.29 bits per heavy atom. The first-order chi connectivity index (χ1) is 6.79. The van der Waals surface area contributed by atoms with E-state index < -0.39 is 0 Å². The SMILES string of the molecule is C=CCN(C(=O)NC)C1CCOCC1. The molecule has 1 heterocycles. The van der Waals surface area contributed by atoms with Gasteiger partial charge < -0.3 is 15.0 Å².